The Labute approximate surface area is 143 Å². The monoisotopic (exact) mass is 324 g/mol. The molecule has 24 heavy (non-hydrogen) atoms. The molecule has 2 aromatic rings. The molecule has 1 amide bonds. The van der Waals surface area contributed by atoms with Gasteiger partial charge in [0.25, 0.3) is 5.91 Å². The zero-order valence-corrected chi connectivity index (χ0v) is 14.4. The van der Waals surface area contributed by atoms with E-state index < -0.39 is 0 Å². The van der Waals surface area contributed by atoms with Gasteiger partial charge in [0.05, 0.1) is 0 Å². The Bertz CT molecular complexity index is 706. The fraction of sp³-hybridized carbons (Fsp3) is 0.350. The van der Waals surface area contributed by atoms with Gasteiger partial charge in [-0.25, -0.2) is 0 Å². The zero-order valence-electron chi connectivity index (χ0n) is 14.4. The van der Waals surface area contributed by atoms with E-state index in [1.807, 2.05) is 36.1 Å². The summed E-state index contributed by atoms with van der Waals surface area (Å²) in [5.41, 5.74) is 3.63. The van der Waals surface area contributed by atoms with Crippen LogP contribution in [0.2, 0.25) is 0 Å². The van der Waals surface area contributed by atoms with Gasteiger partial charge in [-0.2, -0.15) is 0 Å². The summed E-state index contributed by atoms with van der Waals surface area (Å²) in [5.74, 6) is 0.808. The van der Waals surface area contributed by atoms with Gasteiger partial charge in [-0.3, -0.25) is 4.79 Å². The first-order chi connectivity index (χ1) is 11.6. The highest BCUT2D eigenvalue weighted by molar-refractivity contribution is 5.78. The number of ether oxygens (including phenoxy) is 1. The molecule has 0 radical (unpaired) electrons. The van der Waals surface area contributed by atoms with Crippen molar-refractivity contribution in [3.8, 4) is 5.75 Å². The largest absolute Gasteiger partial charge is 0.484 e. The van der Waals surface area contributed by atoms with Crippen molar-refractivity contribution in [1.82, 2.24) is 4.90 Å². The van der Waals surface area contributed by atoms with E-state index in [1.54, 1.807) is 0 Å². The molecule has 1 aliphatic heterocycles. The fourth-order valence-electron chi connectivity index (χ4n) is 2.98. The van der Waals surface area contributed by atoms with Crippen LogP contribution in [0.3, 0.4) is 0 Å². The van der Waals surface area contributed by atoms with Crippen LogP contribution in [0.25, 0.3) is 0 Å². The maximum Gasteiger partial charge on any atom is 0.260 e. The first-order valence-electron chi connectivity index (χ1n) is 8.41. The highest BCUT2D eigenvalue weighted by Gasteiger charge is 2.21. The molecule has 4 nitrogen and oxygen atoms in total. The number of carbonyl (C=O) groups excluding carboxylic acids is 1. The first-order valence-corrected chi connectivity index (χ1v) is 8.41. The van der Waals surface area contributed by atoms with E-state index in [2.05, 4.69) is 36.1 Å². The maximum atomic E-state index is 12.3. The van der Waals surface area contributed by atoms with E-state index in [1.165, 1.54) is 11.3 Å². The minimum Gasteiger partial charge on any atom is -0.484 e. The van der Waals surface area contributed by atoms with Crippen molar-refractivity contribution in [2.75, 3.05) is 37.7 Å². The summed E-state index contributed by atoms with van der Waals surface area (Å²) in [4.78, 5) is 16.6. The summed E-state index contributed by atoms with van der Waals surface area (Å²) in [7, 11) is 0. The molecular formula is C20H24N2O2. The number of anilines is 1. The third kappa shape index (κ3) is 4.07. The number of nitrogens with zero attached hydrogens (tertiary/aromatic N) is 2. The van der Waals surface area contributed by atoms with Crippen LogP contribution in [0.5, 0.6) is 5.75 Å². The molecule has 1 heterocycles. The Balaban J connectivity index is 1.50. The lowest BCUT2D eigenvalue weighted by Crippen LogP contribution is -2.50. The minimum atomic E-state index is 0.0559. The van der Waals surface area contributed by atoms with Gasteiger partial charge in [0.1, 0.15) is 5.75 Å². The number of hydrogen-bond acceptors (Lipinski definition) is 3. The van der Waals surface area contributed by atoms with Crippen molar-refractivity contribution in [2.45, 2.75) is 13.8 Å². The number of amides is 1. The first kappa shape index (κ1) is 16.4. The number of piperazine rings is 1. The van der Waals surface area contributed by atoms with Crippen molar-refractivity contribution < 1.29 is 9.53 Å². The zero-order chi connectivity index (χ0) is 16.9. The van der Waals surface area contributed by atoms with Crippen LogP contribution in [-0.4, -0.2) is 43.6 Å². The Morgan fingerprint density at radius 1 is 0.958 bits per heavy atom. The van der Waals surface area contributed by atoms with Gasteiger partial charge in [-0.1, -0.05) is 24.3 Å². The van der Waals surface area contributed by atoms with Gasteiger partial charge in [-0.15, -0.1) is 0 Å². The van der Waals surface area contributed by atoms with E-state index in [0.717, 1.165) is 37.5 Å². The van der Waals surface area contributed by atoms with Crippen molar-refractivity contribution >= 4 is 11.6 Å². The Kier molecular flexibility index (Phi) is 5.04. The molecule has 0 aromatic heterocycles. The molecule has 1 fully saturated rings. The quantitative estimate of drug-likeness (QED) is 0.867. The molecule has 0 aliphatic carbocycles. The van der Waals surface area contributed by atoms with Crippen LogP contribution in [0.4, 0.5) is 5.69 Å². The second-order valence-corrected chi connectivity index (χ2v) is 6.31. The van der Waals surface area contributed by atoms with Gasteiger partial charge in [0.15, 0.2) is 6.61 Å². The summed E-state index contributed by atoms with van der Waals surface area (Å²) in [6, 6.07) is 16.3. The normalized spacial score (nSPS) is 14.6. The van der Waals surface area contributed by atoms with Gasteiger partial charge in [-0.05, 0) is 49.2 Å². The molecule has 1 saturated heterocycles. The molecule has 2 aromatic carbocycles. The third-order valence-electron chi connectivity index (χ3n) is 4.35. The lowest BCUT2D eigenvalue weighted by molar-refractivity contribution is -0.133. The lowest BCUT2D eigenvalue weighted by Gasteiger charge is -2.36. The Hall–Kier alpha value is -2.49. The molecule has 1 aliphatic rings. The van der Waals surface area contributed by atoms with Crippen LogP contribution in [0.15, 0.2) is 48.5 Å². The van der Waals surface area contributed by atoms with Crippen LogP contribution >= 0.6 is 0 Å². The summed E-state index contributed by atoms with van der Waals surface area (Å²) in [6.45, 7) is 7.42. The van der Waals surface area contributed by atoms with Crippen molar-refractivity contribution in [3.63, 3.8) is 0 Å². The molecule has 0 bridgehead atoms. The standard InChI is InChI=1S/C20H24N2O2/c1-16-5-3-7-18(13-16)21-9-11-22(12-10-21)20(23)15-24-19-8-4-6-17(2)14-19/h3-8,13-14H,9-12,15H2,1-2H3. The SMILES string of the molecule is Cc1cccc(OCC(=O)N2CCN(c3cccc(C)c3)CC2)c1. The summed E-state index contributed by atoms with van der Waals surface area (Å²) < 4.78 is 5.62. The predicted octanol–water partition coefficient (Wildman–Crippen LogP) is 3.03. The second-order valence-electron chi connectivity index (χ2n) is 6.31. The van der Waals surface area contributed by atoms with Crippen LogP contribution in [-0.2, 0) is 4.79 Å². The van der Waals surface area contributed by atoms with E-state index in [-0.39, 0.29) is 12.5 Å². The predicted molar refractivity (Wildman–Crippen MR) is 96.6 cm³/mol. The van der Waals surface area contributed by atoms with Gasteiger partial charge in [0, 0.05) is 31.9 Å². The van der Waals surface area contributed by atoms with Crippen LogP contribution in [0.1, 0.15) is 11.1 Å². The fourth-order valence-corrected chi connectivity index (χ4v) is 2.98. The molecule has 4 heteroatoms. The number of carbonyl (C=O) groups is 1. The molecular weight excluding hydrogens is 300 g/mol. The molecule has 0 unspecified atom stereocenters. The average molecular weight is 324 g/mol. The minimum absolute atomic E-state index is 0.0559. The molecule has 3 rings (SSSR count). The third-order valence-corrected chi connectivity index (χ3v) is 4.35. The van der Waals surface area contributed by atoms with Gasteiger partial charge in [0.2, 0.25) is 0 Å². The number of rotatable bonds is 4. The van der Waals surface area contributed by atoms with E-state index >= 15 is 0 Å². The molecule has 0 N–H and O–H groups in total. The van der Waals surface area contributed by atoms with Crippen molar-refractivity contribution in [3.05, 3.63) is 59.7 Å². The molecule has 0 atom stereocenters. The smallest absolute Gasteiger partial charge is 0.260 e. The van der Waals surface area contributed by atoms with Crippen molar-refractivity contribution in [1.29, 1.82) is 0 Å². The summed E-state index contributed by atoms with van der Waals surface area (Å²) >= 11 is 0. The summed E-state index contributed by atoms with van der Waals surface area (Å²) in [6.07, 6.45) is 0. The van der Waals surface area contributed by atoms with Gasteiger partial charge < -0.3 is 14.5 Å². The van der Waals surface area contributed by atoms with E-state index in [0.29, 0.717) is 0 Å². The van der Waals surface area contributed by atoms with E-state index in [9.17, 15) is 4.79 Å². The topological polar surface area (TPSA) is 32.8 Å². The highest BCUT2D eigenvalue weighted by atomic mass is 16.5. The van der Waals surface area contributed by atoms with Crippen LogP contribution < -0.4 is 9.64 Å². The lowest BCUT2D eigenvalue weighted by atomic mass is 10.2. The van der Waals surface area contributed by atoms with E-state index in [4.69, 9.17) is 4.74 Å². The number of benzene rings is 2. The van der Waals surface area contributed by atoms with Crippen molar-refractivity contribution in [2.24, 2.45) is 0 Å². The number of hydrogen-bond donors (Lipinski definition) is 0. The maximum absolute atomic E-state index is 12.3. The number of aryl methyl sites for hydroxylation is 2. The van der Waals surface area contributed by atoms with Crippen LogP contribution in [0, 0.1) is 13.8 Å². The molecule has 126 valence electrons. The average Bonchev–Trinajstić information content (AvgIpc) is 2.60. The Morgan fingerprint density at radius 3 is 2.29 bits per heavy atom. The molecule has 0 spiro atoms. The molecule has 0 saturated carbocycles. The highest BCUT2D eigenvalue weighted by Crippen LogP contribution is 2.18. The second kappa shape index (κ2) is 7.39. The van der Waals surface area contributed by atoms with Gasteiger partial charge >= 0.3 is 0 Å². The Morgan fingerprint density at radius 2 is 1.62 bits per heavy atom. The summed E-state index contributed by atoms with van der Waals surface area (Å²) in [5, 5.41) is 0.